The summed E-state index contributed by atoms with van der Waals surface area (Å²) in [6.45, 7) is 10.2. The number of hydrogen-bond acceptors (Lipinski definition) is 0. The summed E-state index contributed by atoms with van der Waals surface area (Å²) in [5, 5.41) is 0. The molecule has 0 heterocycles. The minimum absolute atomic E-state index is 1.07. The van der Waals surface area contributed by atoms with Crippen LogP contribution in [0.15, 0.2) is 48.1 Å². The number of allylic oxidation sites excluding steroid dienone is 7. The second-order valence-corrected chi connectivity index (χ2v) is 2.71. The van der Waals surface area contributed by atoms with E-state index in [0.29, 0.717) is 0 Å². The first-order valence-corrected chi connectivity index (χ1v) is 4.37. The number of rotatable bonds is 4. The fourth-order valence-electron chi connectivity index (χ4n) is 0.739. The van der Waals surface area contributed by atoms with Gasteiger partial charge >= 0.3 is 0 Å². The number of hydrogen-bond donors (Lipinski definition) is 0. The lowest BCUT2D eigenvalue weighted by Crippen LogP contribution is -1.76. The van der Waals surface area contributed by atoms with Gasteiger partial charge in [0, 0.05) is 0 Å². The molecule has 0 aromatic heterocycles. The second kappa shape index (κ2) is 6.66. The van der Waals surface area contributed by atoms with Crippen LogP contribution in [0.4, 0.5) is 0 Å². The highest BCUT2D eigenvalue weighted by Crippen LogP contribution is 2.08. The zero-order valence-electron chi connectivity index (χ0n) is 8.30. The van der Waals surface area contributed by atoms with Crippen molar-refractivity contribution >= 4 is 0 Å². The first-order chi connectivity index (χ1) is 5.72. The van der Waals surface area contributed by atoms with Gasteiger partial charge in [-0.3, -0.25) is 0 Å². The molecule has 0 aliphatic carbocycles. The first-order valence-electron chi connectivity index (χ1n) is 4.37. The maximum Gasteiger partial charge on any atom is -0.0303 e. The Hall–Kier alpha value is -1.04. The molecule has 0 aromatic carbocycles. The summed E-state index contributed by atoms with van der Waals surface area (Å²) in [5.74, 6) is 0. The predicted molar refractivity (Wildman–Crippen MR) is 57.1 cm³/mol. The fraction of sp³-hybridized carbons (Fsp3) is 0.333. The van der Waals surface area contributed by atoms with Crippen molar-refractivity contribution in [2.24, 2.45) is 0 Å². The van der Waals surface area contributed by atoms with Crippen LogP contribution < -0.4 is 0 Å². The summed E-state index contributed by atoms with van der Waals surface area (Å²) in [6.07, 6.45) is 11.4. The minimum atomic E-state index is 1.07. The Morgan fingerprint density at radius 3 is 2.58 bits per heavy atom. The van der Waals surface area contributed by atoms with Gasteiger partial charge in [-0.25, -0.2) is 0 Å². The van der Waals surface area contributed by atoms with Crippen molar-refractivity contribution in [3.8, 4) is 0 Å². The van der Waals surface area contributed by atoms with Crippen molar-refractivity contribution in [1.29, 1.82) is 0 Å². The maximum atomic E-state index is 3.96. The van der Waals surface area contributed by atoms with Crippen molar-refractivity contribution < 1.29 is 0 Å². The predicted octanol–water partition coefficient (Wildman–Crippen LogP) is 4.03. The summed E-state index contributed by atoms with van der Waals surface area (Å²) < 4.78 is 0. The fourth-order valence-corrected chi connectivity index (χ4v) is 0.739. The second-order valence-electron chi connectivity index (χ2n) is 2.71. The molecule has 0 saturated heterocycles. The van der Waals surface area contributed by atoms with Gasteiger partial charge < -0.3 is 0 Å². The van der Waals surface area contributed by atoms with Crippen molar-refractivity contribution in [3.63, 3.8) is 0 Å². The molecule has 0 nitrogen and oxygen atoms in total. The molecule has 0 aliphatic heterocycles. The van der Waals surface area contributed by atoms with Crippen LogP contribution in [-0.2, 0) is 0 Å². The highest BCUT2D eigenvalue weighted by atomic mass is 13.9. The Labute approximate surface area is 76.0 Å². The lowest BCUT2D eigenvalue weighted by Gasteiger charge is -1.97. The third kappa shape index (κ3) is 4.73. The highest BCUT2D eigenvalue weighted by Gasteiger charge is 1.88. The van der Waals surface area contributed by atoms with E-state index in [4.69, 9.17) is 0 Å². The molecule has 0 radical (unpaired) electrons. The zero-order valence-corrected chi connectivity index (χ0v) is 8.30. The molecule has 0 spiro atoms. The molecule has 0 heteroatoms. The van der Waals surface area contributed by atoms with E-state index in [9.17, 15) is 0 Å². The zero-order chi connectivity index (χ0) is 9.40. The Bertz CT molecular complexity index is 214. The summed E-state index contributed by atoms with van der Waals surface area (Å²) in [4.78, 5) is 0. The molecular formula is C12H18. The van der Waals surface area contributed by atoms with Gasteiger partial charge in [0.05, 0.1) is 0 Å². The average Bonchev–Trinajstić information content (AvgIpc) is 2.10. The Kier molecular flexibility index (Phi) is 6.08. The molecule has 0 rings (SSSR count). The van der Waals surface area contributed by atoms with Crippen LogP contribution in [0.25, 0.3) is 0 Å². The standard InChI is InChI=1S/C12H18/c1-5-7-9-11(3)12(4)10-8-6-2/h6-10H,3,5H2,1-2,4H3/b8-6-,9-7-,12-10-. The summed E-state index contributed by atoms with van der Waals surface area (Å²) >= 11 is 0. The van der Waals surface area contributed by atoms with Gasteiger partial charge in [-0.1, -0.05) is 43.9 Å². The van der Waals surface area contributed by atoms with Gasteiger partial charge in [0.15, 0.2) is 0 Å². The molecule has 0 fully saturated rings. The lowest BCUT2D eigenvalue weighted by molar-refractivity contribution is 1.22. The van der Waals surface area contributed by atoms with E-state index < -0.39 is 0 Å². The lowest BCUT2D eigenvalue weighted by atomic mass is 10.1. The van der Waals surface area contributed by atoms with E-state index in [2.05, 4.69) is 38.7 Å². The van der Waals surface area contributed by atoms with Crippen molar-refractivity contribution in [3.05, 3.63) is 48.1 Å². The quantitative estimate of drug-likeness (QED) is 0.547. The first kappa shape index (κ1) is 11.0. The van der Waals surface area contributed by atoms with Crippen LogP contribution >= 0.6 is 0 Å². The van der Waals surface area contributed by atoms with Crippen molar-refractivity contribution in [2.75, 3.05) is 0 Å². The summed E-state index contributed by atoms with van der Waals surface area (Å²) in [5.41, 5.74) is 2.31. The molecule has 0 atom stereocenters. The van der Waals surface area contributed by atoms with E-state index in [1.807, 2.05) is 19.1 Å². The minimum Gasteiger partial charge on any atom is -0.0915 e. The SMILES string of the molecule is C=C(/C=C\CC)/C(C)=C\C=C/C. The maximum absolute atomic E-state index is 3.96. The molecule has 0 aliphatic rings. The third-order valence-corrected chi connectivity index (χ3v) is 1.60. The molecule has 0 bridgehead atoms. The molecule has 0 unspecified atom stereocenters. The Morgan fingerprint density at radius 1 is 1.42 bits per heavy atom. The molecule has 0 aromatic rings. The van der Waals surface area contributed by atoms with Crippen molar-refractivity contribution in [2.45, 2.75) is 27.2 Å². The molecule has 0 amide bonds. The molecule has 0 N–H and O–H groups in total. The van der Waals surface area contributed by atoms with Crippen LogP contribution in [0, 0.1) is 0 Å². The summed E-state index contributed by atoms with van der Waals surface area (Å²) in [6, 6.07) is 0. The Balaban J connectivity index is 4.19. The van der Waals surface area contributed by atoms with Gasteiger partial charge in [0.25, 0.3) is 0 Å². The van der Waals surface area contributed by atoms with E-state index in [1.54, 1.807) is 0 Å². The van der Waals surface area contributed by atoms with Crippen LogP contribution in [0.1, 0.15) is 27.2 Å². The Morgan fingerprint density at radius 2 is 2.08 bits per heavy atom. The molecule has 12 heavy (non-hydrogen) atoms. The average molecular weight is 162 g/mol. The third-order valence-electron chi connectivity index (χ3n) is 1.60. The van der Waals surface area contributed by atoms with Crippen LogP contribution in [-0.4, -0.2) is 0 Å². The normalized spacial score (nSPS) is 13.1. The largest absolute Gasteiger partial charge is 0.0915 e. The monoisotopic (exact) mass is 162 g/mol. The smallest absolute Gasteiger partial charge is 0.0303 e. The van der Waals surface area contributed by atoms with Crippen LogP contribution in [0.3, 0.4) is 0 Å². The van der Waals surface area contributed by atoms with Crippen molar-refractivity contribution in [1.82, 2.24) is 0 Å². The van der Waals surface area contributed by atoms with Gasteiger partial charge in [0.1, 0.15) is 0 Å². The van der Waals surface area contributed by atoms with Crippen LogP contribution in [0.5, 0.6) is 0 Å². The van der Waals surface area contributed by atoms with Gasteiger partial charge in [0.2, 0.25) is 0 Å². The molecular weight excluding hydrogens is 144 g/mol. The van der Waals surface area contributed by atoms with Crippen LogP contribution in [0.2, 0.25) is 0 Å². The molecule has 66 valence electrons. The van der Waals surface area contributed by atoms with E-state index in [0.717, 1.165) is 12.0 Å². The van der Waals surface area contributed by atoms with Gasteiger partial charge in [-0.05, 0) is 31.4 Å². The molecule has 0 saturated carbocycles. The van der Waals surface area contributed by atoms with Gasteiger partial charge in [-0.15, -0.1) is 0 Å². The summed E-state index contributed by atoms with van der Waals surface area (Å²) in [7, 11) is 0. The van der Waals surface area contributed by atoms with E-state index in [1.165, 1.54) is 5.57 Å². The van der Waals surface area contributed by atoms with E-state index >= 15 is 0 Å². The van der Waals surface area contributed by atoms with Gasteiger partial charge in [-0.2, -0.15) is 0 Å². The topological polar surface area (TPSA) is 0 Å². The highest BCUT2D eigenvalue weighted by molar-refractivity contribution is 5.37. The van der Waals surface area contributed by atoms with E-state index in [-0.39, 0.29) is 0 Å².